The van der Waals surface area contributed by atoms with E-state index in [0.29, 0.717) is 29.2 Å². The summed E-state index contributed by atoms with van der Waals surface area (Å²) in [5.74, 6) is -2.05. The highest BCUT2D eigenvalue weighted by Gasteiger charge is 2.48. The van der Waals surface area contributed by atoms with E-state index in [1.807, 2.05) is 6.92 Å². The molecule has 1 aromatic heterocycles. The molecule has 0 bridgehead atoms. The molecule has 1 fully saturated rings. The molecule has 0 radical (unpaired) electrons. The van der Waals surface area contributed by atoms with E-state index >= 15 is 0 Å². The van der Waals surface area contributed by atoms with Gasteiger partial charge in [0.25, 0.3) is 5.78 Å². The highest BCUT2D eigenvalue weighted by atomic mass is 32.1. The van der Waals surface area contributed by atoms with Crippen molar-refractivity contribution in [3.63, 3.8) is 0 Å². The minimum Gasteiger partial charge on any atom is -0.507 e. The van der Waals surface area contributed by atoms with Crippen LogP contribution in [0.25, 0.3) is 5.76 Å². The second kappa shape index (κ2) is 11.2. The highest BCUT2D eigenvalue weighted by molar-refractivity contribution is 7.17. The Labute approximate surface area is 218 Å². The molecule has 0 saturated carbocycles. The van der Waals surface area contributed by atoms with Crippen LogP contribution in [0.2, 0.25) is 0 Å². The van der Waals surface area contributed by atoms with Crippen LogP contribution in [0.5, 0.6) is 5.75 Å². The average Bonchev–Trinajstić information content (AvgIpc) is 3.42. The van der Waals surface area contributed by atoms with Crippen LogP contribution >= 0.6 is 11.3 Å². The number of rotatable bonds is 9. The zero-order valence-electron chi connectivity index (χ0n) is 20.5. The third kappa shape index (κ3) is 5.17. The molecule has 1 saturated heterocycles. The predicted octanol–water partition coefficient (Wildman–Crippen LogP) is 5.21. The molecule has 0 spiro atoms. The zero-order valence-corrected chi connectivity index (χ0v) is 21.3. The van der Waals surface area contributed by atoms with Crippen LogP contribution in [0.15, 0.2) is 72.8 Å². The number of hydrogen-bond acceptors (Lipinski definition) is 8. The van der Waals surface area contributed by atoms with Gasteiger partial charge in [-0.15, -0.1) is 0 Å². The number of benzene rings is 2. The van der Waals surface area contributed by atoms with Crippen molar-refractivity contribution in [2.45, 2.75) is 26.3 Å². The molecule has 1 aliphatic rings. The van der Waals surface area contributed by atoms with Gasteiger partial charge in [-0.3, -0.25) is 14.5 Å². The lowest BCUT2D eigenvalue weighted by Crippen LogP contribution is -2.29. The number of esters is 1. The smallest absolute Gasteiger partial charge is 0.350 e. The van der Waals surface area contributed by atoms with E-state index in [9.17, 15) is 19.5 Å². The normalized spacial score (nSPS) is 16.6. The first kappa shape index (κ1) is 25.8. The first-order valence-electron chi connectivity index (χ1n) is 11.7. The molecule has 0 aliphatic carbocycles. The van der Waals surface area contributed by atoms with E-state index in [-0.39, 0.29) is 27.9 Å². The molecule has 1 aliphatic heterocycles. The quantitative estimate of drug-likeness (QED) is 0.136. The Kier molecular flexibility index (Phi) is 7.83. The van der Waals surface area contributed by atoms with Crippen molar-refractivity contribution in [2.75, 3.05) is 18.1 Å². The summed E-state index contributed by atoms with van der Waals surface area (Å²) in [6, 6.07) is 14.6. The summed E-state index contributed by atoms with van der Waals surface area (Å²) in [4.78, 5) is 45.1. The van der Waals surface area contributed by atoms with Gasteiger partial charge >= 0.3 is 11.9 Å². The number of thiazole rings is 1. The lowest BCUT2D eigenvalue weighted by molar-refractivity contribution is -0.132. The van der Waals surface area contributed by atoms with Gasteiger partial charge in [-0.05, 0) is 31.0 Å². The van der Waals surface area contributed by atoms with Gasteiger partial charge in [0.1, 0.15) is 23.0 Å². The minimum absolute atomic E-state index is 0.0254. The maximum Gasteiger partial charge on any atom is 0.350 e. The van der Waals surface area contributed by atoms with Crippen molar-refractivity contribution in [2.24, 2.45) is 0 Å². The third-order valence-electron chi connectivity index (χ3n) is 5.65. The number of aliphatic hydroxyl groups is 1. The molecular formula is C28H26N2O6S. The fourth-order valence-corrected chi connectivity index (χ4v) is 4.95. The summed E-state index contributed by atoms with van der Waals surface area (Å²) in [5.41, 5.74) is 1.23. The van der Waals surface area contributed by atoms with Gasteiger partial charge in [0.15, 0.2) is 5.13 Å². The number of nitrogens with zero attached hydrogens (tertiary/aromatic N) is 2. The van der Waals surface area contributed by atoms with E-state index in [2.05, 4.69) is 11.6 Å². The summed E-state index contributed by atoms with van der Waals surface area (Å²) in [6.07, 6.45) is 2.25. The van der Waals surface area contributed by atoms with E-state index in [1.54, 1.807) is 61.5 Å². The average molecular weight is 519 g/mol. The molecule has 9 heteroatoms. The first-order valence-corrected chi connectivity index (χ1v) is 12.5. The Bertz CT molecular complexity index is 1380. The van der Waals surface area contributed by atoms with Gasteiger partial charge in [0, 0.05) is 5.56 Å². The number of anilines is 1. The maximum absolute atomic E-state index is 13.4. The summed E-state index contributed by atoms with van der Waals surface area (Å²) >= 11 is 0.945. The summed E-state index contributed by atoms with van der Waals surface area (Å²) < 4.78 is 10.9. The maximum atomic E-state index is 13.4. The molecule has 190 valence electrons. The molecule has 1 amide bonds. The van der Waals surface area contributed by atoms with Crippen molar-refractivity contribution < 1.29 is 29.0 Å². The van der Waals surface area contributed by atoms with Crippen LogP contribution in [0.3, 0.4) is 0 Å². The number of aliphatic hydroxyl groups excluding tert-OH is 1. The minimum atomic E-state index is -0.993. The molecule has 8 nitrogen and oxygen atoms in total. The molecule has 1 unspecified atom stereocenters. The van der Waals surface area contributed by atoms with Crippen molar-refractivity contribution in [3.8, 4) is 5.75 Å². The number of ether oxygens (including phenoxy) is 2. The Morgan fingerprint density at radius 3 is 2.65 bits per heavy atom. The number of ketones is 1. The van der Waals surface area contributed by atoms with E-state index < -0.39 is 23.7 Å². The van der Waals surface area contributed by atoms with Gasteiger partial charge in [0.05, 0.1) is 23.9 Å². The van der Waals surface area contributed by atoms with Gasteiger partial charge in [-0.25, -0.2) is 9.78 Å². The van der Waals surface area contributed by atoms with Crippen molar-refractivity contribution in [1.29, 1.82) is 0 Å². The number of Topliss-reactive ketones (excluding diaryl/α,β-unsaturated/α-hetero) is 1. The fraction of sp³-hybridized carbons (Fsp3) is 0.214. The number of carbonyl (C=O) groups is 3. The van der Waals surface area contributed by atoms with Crippen molar-refractivity contribution in [3.05, 3.63) is 94.5 Å². The second-order valence-corrected chi connectivity index (χ2v) is 9.23. The molecule has 1 N–H and O–H groups in total. The van der Waals surface area contributed by atoms with Gasteiger partial charge in [-0.2, -0.15) is 0 Å². The lowest BCUT2D eigenvalue weighted by atomic mass is 9.95. The molecule has 2 aromatic carbocycles. The molecule has 3 aromatic rings. The topological polar surface area (TPSA) is 106 Å². The Morgan fingerprint density at radius 1 is 1.19 bits per heavy atom. The number of aryl methyl sites for hydroxylation is 1. The second-order valence-electron chi connectivity index (χ2n) is 8.25. The largest absolute Gasteiger partial charge is 0.507 e. The molecular weight excluding hydrogens is 492 g/mol. The van der Waals surface area contributed by atoms with Crippen LogP contribution in [0, 0.1) is 6.92 Å². The lowest BCUT2D eigenvalue weighted by Gasteiger charge is -2.23. The van der Waals surface area contributed by atoms with Gasteiger partial charge in [0.2, 0.25) is 0 Å². The number of aromatic nitrogens is 1. The van der Waals surface area contributed by atoms with Gasteiger partial charge in [-0.1, -0.05) is 73.4 Å². The van der Waals surface area contributed by atoms with E-state index in [0.717, 1.165) is 17.8 Å². The summed E-state index contributed by atoms with van der Waals surface area (Å²) in [6.45, 7) is 7.67. The Hall–Kier alpha value is -4.24. The monoisotopic (exact) mass is 518 g/mol. The van der Waals surface area contributed by atoms with Gasteiger partial charge < -0.3 is 14.6 Å². The SMILES string of the molecule is C=CCOC(=O)c1sc(N2C(=O)C(=O)C(=C(O)c3ccccc3)C2c2cccc(OCCC)c2)nc1C. The number of amides is 1. The summed E-state index contributed by atoms with van der Waals surface area (Å²) in [7, 11) is 0. The van der Waals surface area contributed by atoms with Crippen LogP contribution in [-0.4, -0.2) is 41.0 Å². The highest BCUT2D eigenvalue weighted by Crippen LogP contribution is 2.44. The Morgan fingerprint density at radius 2 is 1.95 bits per heavy atom. The van der Waals surface area contributed by atoms with E-state index in [4.69, 9.17) is 9.47 Å². The summed E-state index contributed by atoms with van der Waals surface area (Å²) in [5, 5.41) is 11.3. The van der Waals surface area contributed by atoms with Crippen LogP contribution in [-0.2, 0) is 14.3 Å². The van der Waals surface area contributed by atoms with Crippen LogP contribution in [0.4, 0.5) is 5.13 Å². The van der Waals surface area contributed by atoms with Crippen LogP contribution in [0.1, 0.15) is 45.9 Å². The number of hydrogen-bond donors (Lipinski definition) is 1. The van der Waals surface area contributed by atoms with Crippen molar-refractivity contribution in [1.82, 2.24) is 4.98 Å². The van der Waals surface area contributed by atoms with E-state index in [1.165, 1.54) is 11.0 Å². The standard InChI is InChI=1S/C28H26N2O6S/c1-4-14-35-20-13-9-12-19(16-20)22-21(23(31)18-10-7-6-8-11-18)24(32)26(33)30(22)28-29-17(3)25(37-28)27(34)36-15-5-2/h5-13,16,22,31H,2,4,14-15H2,1,3H3. The molecule has 1 atom stereocenters. The van der Waals surface area contributed by atoms with Crippen molar-refractivity contribution >= 4 is 39.9 Å². The zero-order chi connectivity index (χ0) is 26.5. The first-order chi connectivity index (χ1) is 17.9. The molecule has 37 heavy (non-hydrogen) atoms. The van der Waals surface area contributed by atoms with Crippen LogP contribution < -0.4 is 9.64 Å². The Balaban J connectivity index is 1.87. The predicted molar refractivity (Wildman–Crippen MR) is 141 cm³/mol. The third-order valence-corrected chi connectivity index (χ3v) is 6.78. The fourth-order valence-electron chi connectivity index (χ4n) is 3.97. The molecule has 4 rings (SSSR count). The number of carbonyl (C=O) groups excluding carboxylic acids is 3. The molecule has 2 heterocycles.